The summed E-state index contributed by atoms with van der Waals surface area (Å²) in [7, 11) is 1.62. The van der Waals surface area contributed by atoms with Crippen LogP contribution in [0.3, 0.4) is 0 Å². The molecule has 1 unspecified atom stereocenters. The quantitative estimate of drug-likeness (QED) is 0.657. The van der Waals surface area contributed by atoms with E-state index in [1.54, 1.807) is 11.6 Å². The Morgan fingerprint density at radius 1 is 1.26 bits per heavy atom. The number of amides is 1. The highest BCUT2D eigenvalue weighted by atomic mass is 32.2. The third-order valence-corrected chi connectivity index (χ3v) is 5.49. The maximum atomic E-state index is 12.5. The first-order valence-corrected chi connectivity index (χ1v) is 9.55. The molecule has 1 N–H and O–H groups in total. The molecule has 0 spiro atoms. The standard InChI is InChI=1S/C19H23N5O2S/c1-11-12(2)21-18-22-19(23-24(18)13(11)3)27-14(4)17(25)20-10-15-8-6-7-9-16(15)26-5/h6-9,14H,10H2,1-5H3,(H,20,25). The highest BCUT2D eigenvalue weighted by Gasteiger charge is 2.19. The topological polar surface area (TPSA) is 81.4 Å². The number of thioether (sulfide) groups is 1. The molecule has 27 heavy (non-hydrogen) atoms. The average Bonchev–Trinajstić information content (AvgIpc) is 3.06. The molecule has 0 aliphatic heterocycles. The molecule has 1 aromatic carbocycles. The van der Waals surface area contributed by atoms with Gasteiger partial charge in [0.25, 0.3) is 5.78 Å². The van der Waals surface area contributed by atoms with Gasteiger partial charge in [0.2, 0.25) is 11.1 Å². The molecule has 7 nitrogen and oxygen atoms in total. The number of rotatable bonds is 6. The molecule has 0 fully saturated rings. The van der Waals surface area contributed by atoms with Crippen molar-refractivity contribution >= 4 is 23.4 Å². The third-order valence-electron chi connectivity index (χ3n) is 4.54. The van der Waals surface area contributed by atoms with E-state index in [0.29, 0.717) is 17.5 Å². The Labute approximate surface area is 162 Å². The third kappa shape index (κ3) is 4.05. The normalized spacial score (nSPS) is 12.2. The molecule has 1 atom stereocenters. The fourth-order valence-corrected chi connectivity index (χ4v) is 3.44. The molecule has 3 rings (SSSR count). The first kappa shape index (κ1) is 19.2. The van der Waals surface area contributed by atoms with Crippen LogP contribution < -0.4 is 10.1 Å². The molecule has 2 heterocycles. The highest BCUT2D eigenvalue weighted by Crippen LogP contribution is 2.22. The number of carbonyl (C=O) groups is 1. The number of fused-ring (bicyclic) bond motifs is 1. The Hall–Kier alpha value is -2.61. The lowest BCUT2D eigenvalue weighted by Gasteiger charge is -2.12. The van der Waals surface area contributed by atoms with E-state index in [9.17, 15) is 4.79 Å². The van der Waals surface area contributed by atoms with Crippen LogP contribution in [-0.4, -0.2) is 37.8 Å². The van der Waals surface area contributed by atoms with E-state index in [1.807, 2.05) is 52.0 Å². The summed E-state index contributed by atoms with van der Waals surface area (Å²) in [6.07, 6.45) is 0. The second kappa shape index (κ2) is 7.96. The molecule has 3 aromatic rings. The zero-order chi connectivity index (χ0) is 19.6. The van der Waals surface area contributed by atoms with Gasteiger partial charge in [-0.2, -0.15) is 4.98 Å². The highest BCUT2D eigenvalue weighted by molar-refractivity contribution is 8.00. The zero-order valence-corrected chi connectivity index (χ0v) is 16.9. The molecular weight excluding hydrogens is 362 g/mol. The van der Waals surface area contributed by atoms with Crippen molar-refractivity contribution in [1.29, 1.82) is 0 Å². The van der Waals surface area contributed by atoms with Crippen molar-refractivity contribution in [3.05, 3.63) is 46.8 Å². The number of ether oxygens (including phenoxy) is 1. The number of aromatic nitrogens is 4. The van der Waals surface area contributed by atoms with Gasteiger partial charge in [0.15, 0.2) is 0 Å². The lowest BCUT2D eigenvalue weighted by molar-refractivity contribution is -0.120. The largest absolute Gasteiger partial charge is 0.496 e. The van der Waals surface area contributed by atoms with Gasteiger partial charge >= 0.3 is 0 Å². The van der Waals surface area contributed by atoms with E-state index in [4.69, 9.17) is 4.74 Å². The van der Waals surface area contributed by atoms with Crippen molar-refractivity contribution in [2.24, 2.45) is 0 Å². The van der Waals surface area contributed by atoms with E-state index in [1.165, 1.54) is 11.8 Å². The van der Waals surface area contributed by atoms with E-state index >= 15 is 0 Å². The van der Waals surface area contributed by atoms with Crippen molar-refractivity contribution in [2.75, 3.05) is 7.11 Å². The van der Waals surface area contributed by atoms with E-state index < -0.39 is 0 Å². The lowest BCUT2D eigenvalue weighted by Crippen LogP contribution is -2.30. The van der Waals surface area contributed by atoms with Gasteiger partial charge in [0.05, 0.1) is 12.4 Å². The SMILES string of the molecule is COc1ccccc1CNC(=O)C(C)Sc1nc2nc(C)c(C)c(C)n2n1. The second-order valence-electron chi connectivity index (χ2n) is 6.30. The summed E-state index contributed by atoms with van der Waals surface area (Å²) in [5.74, 6) is 1.23. The van der Waals surface area contributed by atoms with Crippen LogP contribution in [0.2, 0.25) is 0 Å². The van der Waals surface area contributed by atoms with Crippen LogP contribution in [0.4, 0.5) is 0 Å². The number of carbonyl (C=O) groups excluding carboxylic acids is 1. The van der Waals surface area contributed by atoms with Gasteiger partial charge in [0.1, 0.15) is 5.75 Å². The van der Waals surface area contributed by atoms with E-state index in [2.05, 4.69) is 20.4 Å². The van der Waals surface area contributed by atoms with Gasteiger partial charge < -0.3 is 10.1 Å². The minimum Gasteiger partial charge on any atom is -0.496 e. The first-order chi connectivity index (χ1) is 12.9. The number of hydrogen-bond donors (Lipinski definition) is 1. The van der Waals surface area contributed by atoms with Crippen LogP contribution in [0.25, 0.3) is 5.78 Å². The predicted molar refractivity (Wildman–Crippen MR) is 105 cm³/mol. The Bertz CT molecular complexity index is 986. The molecule has 0 saturated heterocycles. The Kier molecular flexibility index (Phi) is 5.65. The molecule has 2 aromatic heterocycles. The number of nitrogens with zero attached hydrogens (tertiary/aromatic N) is 4. The lowest BCUT2D eigenvalue weighted by atomic mass is 10.2. The Balaban J connectivity index is 1.68. The monoisotopic (exact) mass is 385 g/mol. The van der Waals surface area contributed by atoms with Gasteiger partial charge in [-0.1, -0.05) is 30.0 Å². The molecule has 8 heteroatoms. The van der Waals surface area contributed by atoms with Gasteiger partial charge in [-0.3, -0.25) is 4.79 Å². The molecular formula is C19H23N5O2S. The summed E-state index contributed by atoms with van der Waals surface area (Å²) in [5.41, 5.74) is 3.96. The summed E-state index contributed by atoms with van der Waals surface area (Å²) in [4.78, 5) is 21.4. The summed E-state index contributed by atoms with van der Waals surface area (Å²) in [6, 6.07) is 7.62. The second-order valence-corrected chi connectivity index (χ2v) is 7.61. The van der Waals surface area contributed by atoms with Gasteiger partial charge in [-0.15, -0.1) is 5.10 Å². The summed E-state index contributed by atoms with van der Waals surface area (Å²) >= 11 is 1.32. The molecule has 0 aliphatic rings. The minimum absolute atomic E-state index is 0.0817. The molecule has 0 aliphatic carbocycles. The predicted octanol–water partition coefficient (Wildman–Crippen LogP) is 2.86. The van der Waals surface area contributed by atoms with Gasteiger partial charge in [-0.05, 0) is 39.3 Å². The number of aryl methyl sites for hydroxylation is 2. The number of para-hydroxylation sites is 1. The Morgan fingerprint density at radius 3 is 2.74 bits per heavy atom. The first-order valence-electron chi connectivity index (χ1n) is 8.67. The van der Waals surface area contributed by atoms with Crippen molar-refractivity contribution in [3.8, 4) is 5.75 Å². The van der Waals surface area contributed by atoms with E-state index in [-0.39, 0.29) is 11.2 Å². The van der Waals surface area contributed by atoms with Crippen LogP contribution >= 0.6 is 11.8 Å². The Morgan fingerprint density at radius 2 is 2.00 bits per heavy atom. The van der Waals surface area contributed by atoms with Crippen LogP contribution in [0.5, 0.6) is 5.75 Å². The van der Waals surface area contributed by atoms with Crippen molar-refractivity contribution in [2.45, 2.75) is 44.6 Å². The van der Waals surface area contributed by atoms with Crippen molar-refractivity contribution in [1.82, 2.24) is 24.9 Å². The van der Waals surface area contributed by atoms with Crippen LogP contribution in [0.1, 0.15) is 29.4 Å². The number of methoxy groups -OCH3 is 1. The molecule has 0 saturated carbocycles. The van der Waals surface area contributed by atoms with Crippen LogP contribution in [-0.2, 0) is 11.3 Å². The number of benzene rings is 1. The van der Waals surface area contributed by atoms with E-state index in [0.717, 1.165) is 28.3 Å². The molecule has 0 radical (unpaired) electrons. The van der Waals surface area contributed by atoms with Crippen LogP contribution in [0.15, 0.2) is 29.4 Å². The van der Waals surface area contributed by atoms with Crippen molar-refractivity contribution in [3.63, 3.8) is 0 Å². The summed E-state index contributed by atoms with van der Waals surface area (Å²) in [5, 5.41) is 7.63. The average molecular weight is 385 g/mol. The molecule has 1 amide bonds. The van der Waals surface area contributed by atoms with Gasteiger partial charge in [0, 0.05) is 23.5 Å². The zero-order valence-electron chi connectivity index (χ0n) is 16.1. The number of hydrogen-bond acceptors (Lipinski definition) is 6. The minimum atomic E-state index is -0.334. The maximum Gasteiger partial charge on any atom is 0.253 e. The smallest absolute Gasteiger partial charge is 0.253 e. The summed E-state index contributed by atoms with van der Waals surface area (Å²) < 4.78 is 7.04. The molecule has 142 valence electrons. The fraction of sp³-hybridized carbons (Fsp3) is 0.368. The fourth-order valence-electron chi connectivity index (χ4n) is 2.67. The van der Waals surface area contributed by atoms with Crippen molar-refractivity contribution < 1.29 is 9.53 Å². The van der Waals surface area contributed by atoms with Crippen LogP contribution in [0, 0.1) is 20.8 Å². The molecule has 0 bridgehead atoms. The van der Waals surface area contributed by atoms with Gasteiger partial charge in [-0.25, -0.2) is 9.50 Å². The summed E-state index contributed by atoms with van der Waals surface area (Å²) in [6.45, 7) is 8.21. The number of nitrogens with one attached hydrogen (secondary N) is 1. The maximum absolute atomic E-state index is 12.5.